The molecule has 0 atom stereocenters. The molecule has 0 saturated carbocycles. The molecule has 12 aromatic rings. The minimum absolute atomic E-state index is 1.07. The predicted octanol–water partition coefficient (Wildman–Crippen LogP) is 19.1. The highest BCUT2D eigenvalue weighted by Crippen LogP contribution is 2.47. The van der Waals surface area contributed by atoms with Crippen LogP contribution in [0.25, 0.3) is 99.4 Å². The second kappa shape index (κ2) is 18.3. The Balaban J connectivity index is 1.03. The van der Waals surface area contributed by atoms with Crippen LogP contribution in [-0.2, 0) is 0 Å². The van der Waals surface area contributed by atoms with Crippen LogP contribution in [0.15, 0.2) is 285 Å². The normalized spacial score (nSPS) is 11.2. The largest absolute Gasteiger partial charge is 0.310 e. The Labute approximate surface area is 404 Å². The summed E-state index contributed by atoms with van der Waals surface area (Å²) in [5.41, 5.74) is 20.0. The van der Waals surface area contributed by atoms with Gasteiger partial charge in [-0.3, -0.25) is 0 Å². The highest BCUT2D eigenvalue weighted by Gasteiger charge is 2.21. The van der Waals surface area contributed by atoms with Gasteiger partial charge in [0.25, 0.3) is 0 Å². The molecule has 1 heteroatoms. The molecule has 0 aliphatic heterocycles. The van der Waals surface area contributed by atoms with Crippen molar-refractivity contribution in [1.82, 2.24) is 0 Å². The summed E-state index contributed by atoms with van der Waals surface area (Å²) in [5.74, 6) is 0. The van der Waals surface area contributed by atoms with Gasteiger partial charge in [-0.25, -0.2) is 0 Å². The van der Waals surface area contributed by atoms with E-state index in [1.54, 1.807) is 0 Å². The summed E-state index contributed by atoms with van der Waals surface area (Å²) in [6.45, 7) is 0. The van der Waals surface area contributed by atoms with Crippen LogP contribution < -0.4 is 4.90 Å². The van der Waals surface area contributed by atoms with Gasteiger partial charge < -0.3 is 4.90 Å². The van der Waals surface area contributed by atoms with Crippen LogP contribution in [0.1, 0.15) is 0 Å². The number of benzene rings is 12. The highest BCUT2D eigenvalue weighted by molar-refractivity contribution is 6.22. The summed E-state index contributed by atoms with van der Waals surface area (Å²) >= 11 is 0. The molecule has 0 saturated heterocycles. The first kappa shape index (κ1) is 41.4. The molecule has 0 radical (unpaired) electrons. The van der Waals surface area contributed by atoms with Crippen LogP contribution in [0.4, 0.5) is 17.1 Å². The minimum Gasteiger partial charge on any atom is -0.310 e. The molecule has 0 aromatic heterocycles. The first-order chi connectivity index (χ1) is 34.2. The number of nitrogens with zero attached hydrogens (tertiary/aromatic N) is 1. The maximum Gasteiger partial charge on any atom is 0.0468 e. The SMILES string of the molecule is c1ccc(-c2ccc(N(c3ccc(-c4ccc5c(-c6ccccc6)c(-c6ccccc6)c6ccccc6c5c4)cc3)c3ccc(-c4ccccc4)c(-c4ccccc4)c3)cc2-c2ccccc2)cc1. The molecule has 0 aliphatic carbocycles. The number of fused-ring (bicyclic) bond motifs is 3. The fourth-order valence-electron chi connectivity index (χ4n) is 10.2. The zero-order valence-corrected chi connectivity index (χ0v) is 38.1. The topological polar surface area (TPSA) is 3.24 Å². The first-order valence-electron chi connectivity index (χ1n) is 23.7. The molecule has 12 rings (SSSR count). The standard InChI is InChI=1S/C68H47N/c1-7-21-49(22-8-1)59-43-40-57(46-64(59)51-25-11-3-12-26-51)69(58-41-44-60(50-23-9-2-10-24-50)65(47-58)52-27-13-4-14-28-52)56-38-35-48(36-39-56)55-37-42-63-66(45-55)61-33-19-20-34-62(61)67(53-29-15-5-16-30-53)68(63)54-31-17-6-18-32-54/h1-47H. The molecule has 0 aliphatic rings. The first-order valence-corrected chi connectivity index (χ1v) is 23.7. The van der Waals surface area contributed by atoms with E-state index in [1.165, 1.54) is 93.9 Å². The van der Waals surface area contributed by atoms with E-state index < -0.39 is 0 Å². The molecule has 324 valence electrons. The Morgan fingerprint density at radius 3 is 0.942 bits per heavy atom. The zero-order valence-electron chi connectivity index (χ0n) is 38.1. The fraction of sp³-hybridized carbons (Fsp3) is 0. The van der Waals surface area contributed by atoms with Crippen LogP contribution in [0.5, 0.6) is 0 Å². The molecule has 0 bridgehead atoms. The van der Waals surface area contributed by atoms with Crippen molar-refractivity contribution in [3.05, 3.63) is 285 Å². The van der Waals surface area contributed by atoms with E-state index >= 15 is 0 Å². The summed E-state index contributed by atoms with van der Waals surface area (Å²) in [4.78, 5) is 2.41. The van der Waals surface area contributed by atoms with E-state index in [4.69, 9.17) is 0 Å². The smallest absolute Gasteiger partial charge is 0.0468 e. The van der Waals surface area contributed by atoms with Gasteiger partial charge in [-0.2, -0.15) is 0 Å². The average molecular weight is 878 g/mol. The summed E-state index contributed by atoms with van der Waals surface area (Å²) in [6, 6.07) is 104. The van der Waals surface area contributed by atoms with Gasteiger partial charge in [0, 0.05) is 17.1 Å². The number of rotatable bonds is 10. The van der Waals surface area contributed by atoms with Gasteiger partial charge in [0.2, 0.25) is 0 Å². The Hall–Kier alpha value is -9.04. The Kier molecular flexibility index (Phi) is 11.0. The lowest BCUT2D eigenvalue weighted by Gasteiger charge is -2.28. The molecule has 0 amide bonds. The van der Waals surface area contributed by atoms with E-state index in [2.05, 4.69) is 290 Å². The predicted molar refractivity (Wildman–Crippen MR) is 294 cm³/mol. The molecule has 0 fully saturated rings. The quantitative estimate of drug-likeness (QED) is 0.124. The monoisotopic (exact) mass is 877 g/mol. The molecule has 0 N–H and O–H groups in total. The third-order valence-corrected chi connectivity index (χ3v) is 13.5. The van der Waals surface area contributed by atoms with Crippen LogP contribution in [0, 0.1) is 0 Å². The molecule has 0 unspecified atom stereocenters. The lowest BCUT2D eigenvalue weighted by Crippen LogP contribution is -2.10. The van der Waals surface area contributed by atoms with Crippen molar-refractivity contribution in [2.24, 2.45) is 0 Å². The Morgan fingerprint density at radius 1 is 0.174 bits per heavy atom. The van der Waals surface area contributed by atoms with Crippen molar-refractivity contribution in [2.75, 3.05) is 4.90 Å². The molecule has 0 spiro atoms. The number of hydrogen-bond donors (Lipinski definition) is 0. The second-order valence-corrected chi connectivity index (χ2v) is 17.6. The number of anilines is 3. The van der Waals surface area contributed by atoms with Crippen LogP contribution >= 0.6 is 0 Å². The van der Waals surface area contributed by atoms with Crippen molar-refractivity contribution in [1.29, 1.82) is 0 Å². The van der Waals surface area contributed by atoms with Gasteiger partial charge >= 0.3 is 0 Å². The molecule has 12 aromatic carbocycles. The van der Waals surface area contributed by atoms with E-state index in [1.807, 2.05) is 0 Å². The van der Waals surface area contributed by atoms with Crippen LogP contribution in [0.2, 0.25) is 0 Å². The maximum atomic E-state index is 2.41. The van der Waals surface area contributed by atoms with Gasteiger partial charge in [0.15, 0.2) is 0 Å². The summed E-state index contributed by atoms with van der Waals surface area (Å²) in [6.07, 6.45) is 0. The number of hydrogen-bond acceptors (Lipinski definition) is 1. The third-order valence-electron chi connectivity index (χ3n) is 13.5. The van der Waals surface area contributed by atoms with Crippen LogP contribution in [-0.4, -0.2) is 0 Å². The van der Waals surface area contributed by atoms with Crippen molar-refractivity contribution in [2.45, 2.75) is 0 Å². The Bertz CT molecular complexity index is 3590. The van der Waals surface area contributed by atoms with E-state index in [9.17, 15) is 0 Å². The van der Waals surface area contributed by atoms with Gasteiger partial charge in [0.1, 0.15) is 0 Å². The van der Waals surface area contributed by atoms with Crippen molar-refractivity contribution in [3.8, 4) is 77.9 Å². The Morgan fingerprint density at radius 2 is 0.507 bits per heavy atom. The summed E-state index contributed by atoms with van der Waals surface area (Å²) in [5, 5.41) is 4.98. The summed E-state index contributed by atoms with van der Waals surface area (Å²) < 4.78 is 0. The molecular formula is C68H47N. The third kappa shape index (κ3) is 7.97. The lowest BCUT2D eigenvalue weighted by atomic mass is 9.84. The van der Waals surface area contributed by atoms with Crippen molar-refractivity contribution < 1.29 is 0 Å². The van der Waals surface area contributed by atoms with E-state index in [0.29, 0.717) is 0 Å². The van der Waals surface area contributed by atoms with Crippen molar-refractivity contribution >= 4 is 38.6 Å². The fourth-order valence-corrected chi connectivity index (χ4v) is 10.2. The highest BCUT2D eigenvalue weighted by atomic mass is 15.1. The second-order valence-electron chi connectivity index (χ2n) is 17.6. The average Bonchev–Trinajstić information content (AvgIpc) is 3.44. The molecule has 1 nitrogen and oxygen atoms in total. The van der Waals surface area contributed by atoms with Gasteiger partial charge in [-0.15, -0.1) is 0 Å². The maximum absolute atomic E-state index is 2.41. The molecular weight excluding hydrogens is 831 g/mol. The molecule has 69 heavy (non-hydrogen) atoms. The molecule has 0 heterocycles. The van der Waals surface area contributed by atoms with E-state index in [0.717, 1.165) is 22.6 Å². The van der Waals surface area contributed by atoms with Gasteiger partial charge in [0.05, 0.1) is 0 Å². The van der Waals surface area contributed by atoms with Crippen molar-refractivity contribution in [3.63, 3.8) is 0 Å². The zero-order chi connectivity index (χ0) is 45.9. The van der Waals surface area contributed by atoms with Crippen LogP contribution in [0.3, 0.4) is 0 Å². The van der Waals surface area contributed by atoms with E-state index in [-0.39, 0.29) is 0 Å². The summed E-state index contributed by atoms with van der Waals surface area (Å²) in [7, 11) is 0. The van der Waals surface area contributed by atoms with Gasteiger partial charge in [-0.05, 0) is 142 Å². The minimum atomic E-state index is 1.07. The lowest BCUT2D eigenvalue weighted by molar-refractivity contribution is 1.28. The van der Waals surface area contributed by atoms with Gasteiger partial charge in [-0.1, -0.05) is 243 Å².